The van der Waals surface area contributed by atoms with Crippen LogP contribution in [0, 0.1) is 5.92 Å². The number of hydrogen-bond acceptors (Lipinski definition) is 8. The van der Waals surface area contributed by atoms with Gasteiger partial charge in [-0.1, -0.05) is 0 Å². The summed E-state index contributed by atoms with van der Waals surface area (Å²) >= 11 is 0. The second kappa shape index (κ2) is 16.7. The van der Waals surface area contributed by atoms with E-state index in [0.29, 0.717) is 11.6 Å². The van der Waals surface area contributed by atoms with Crippen LogP contribution in [-0.2, 0) is 37.5 Å². The molecular formula is C24H26F9N5O8. The Labute approximate surface area is 252 Å². The highest BCUT2D eigenvalue weighted by atomic mass is 19.4. The zero-order valence-electron chi connectivity index (χ0n) is 23.3. The van der Waals surface area contributed by atoms with Crippen LogP contribution in [0.15, 0.2) is 36.9 Å². The molecule has 0 spiro atoms. The number of rotatable bonds is 4. The first kappa shape index (κ1) is 39.6. The summed E-state index contributed by atoms with van der Waals surface area (Å²) in [5.74, 6) is -7.87. The molecule has 2 aliphatic heterocycles. The Balaban J connectivity index is 0.000000413. The third kappa shape index (κ3) is 14.5. The van der Waals surface area contributed by atoms with Crippen molar-refractivity contribution in [2.45, 2.75) is 50.1 Å². The first-order valence-corrected chi connectivity index (χ1v) is 12.5. The molecule has 4 rings (SSSR count). The second-order valence-corrected chi connectivity index (χ2v) is 9.34. The average Bonchev–Trinajstić information content (AvgIpc) is 3.54. The van der Waals surface area contributed by atoms with E-state index in [0.717, 1.165) is 32.5 Å². The fourth-order valence-electron chi connectivity index (χ4n) is 3.78. The van der Waals surface area contributed by atoms with Crippen molar-refractivity contribution in [3.63, 3.8) is 0 Å². The fourth-order valence-corrected chi connectivity index (χ4v) is 3.78. The largest absolute Gasteiger partial charge is 0.490 e. The molecule has 2 aromatic rings. The Kier molecular flexibility index (Phi) is 14.4. The average molecular weight is 683 g/mol. The number of ether oxygens (including phenoxy) is 1. The smallest absolute Gasteiger partial charge is 0.475 e. The number of carbonyl (C=O) groups is 4. The summed E-state index contributed by atoms with van der Waals surface area (Å²) in [7, 11) is 1.93. The molecule has 4 heterocycles. The molecule has 2 saturated heterocycles. The maximum absolute atomic E-state index is 12.4. The van der Waals surface area contributed by atoms with Crippen LogP contribution < -0.4 is 5.32 Å². The highest BCUT2D eigenvalue weighted by molar-refractivity contribution is 5.94. The molecule has 13 nitrogen and oxygen atoms in total. The van der Waals surface area contributed by atoms with Crippen LogP contribution in [-0.4, -0.2) is 103 Å². The minimum atomic E-state index is -5.08. The summed E-state index contributed by atoms with van der Waals surface area (Å²) in [5, 5.41) is 28.5. The van der Waals surface area contributed by atoms with Gasteiger partial charge in [-0.25, -0.2) is 14.4 Å². The molecule has 0 aromatic carbocycles. The van der Waals surface area contributed by atoms with Gasteiger partial charge in [0.15, 0.2) is 0 Å². The number of amides is 1. The van der Waals surface area contributed by atoms with E-state index in [1.165, 1.54) is 5.56 Å². The van der Waals surface area contributed by atoms with Crippen LogP contribution in [0.3, 0.4) is 0 Å². The lowest BCUT2D eigenvalue weighted by Crippen LogP contribution is -2.41. The van der Waals surface area contributed by atoms with Gasteiger partial charge >= 0.3 is 36.4 Å². The van der Waals surface area contributed by atoms with E-state index in [1.54, 1.807) is 18.5 Å². The number of aliphatic carboxylic acids is 3. The summed E-state index contributed by atoms with van der Waals surface area (Å²) in [6.45, 7) is 2.79. The van der Waals surface area contributed by atoms with E-state index in [9.17, 15) is 44.3 Å². The molecule has 258 valence electrons. The van der Waals surface area contributed by atoms with Gasteiger partial charge in [0.05, 0.1) is 24.2 Å². The molecule has 0 unspecified atom stereocenters. The monoisotopic (exact) mass is 683 g/mol. The molecule has 46 heavy (non-hydrogen) atoms. The van der Waals surface area contributed by atoms with Crippen molar-refractivity contribution in [2.24, 2.45) is 13.0 Å². The second-order valence-electron chi connectivity index (χ2n) is 9.34. The van der Waals surface area contributed by atoms with Crippen molar-refractivity contribution in [1.82, 2.24) is 19.7 Å². The van der Waals surface area contributed by atoms with Crippen LogP contribution in [0.5, 0.6) is 0 Å². The predicted molar refractivity (Wildman–Crippen MR) is 134 cm³/mol. The minimum absolute atomic E-state index is 0.0683. The van der Waals surface area contributed by atoms with Gasteiger partial charge in [-0.05, 0) is 37.4 Å². The van der Waals surface area contributed by atoms with Gasteiger partial charge in [0, 0.05) is 38.1 Å². The van der Waals surface area contributed by atoms with Gasteiger partial charge in [0.2, 0.25) is 0 Å². The van der Waals surface area contributed by atoms with Gasteiger partial charge < -0.3 is 25.4 Å². The Morgan fingerprint density at radius 1 is 0.935 bits per heavy atom. The number of fused-ring (bicyclic) bond motifs is 1. The molecule has 0 bridgehead atoms. The minimum Gasteiger partial charge on any atom is -0.475 e. The highest BCUT2D eigenvalue weighted by Crippen LogP contribution is 2.34. The van der Waals surface area contributed by atoms with E-state index >= 15 is 0 Å². The summed E-state index contributed by atoms with van der Waals surface area (Å²) in [5.41, 5.74) is 1.92. The van der Waals surface area contributed by atoms with Crippen LogP contribution in [0.1, 0.15) is 18.4 Å². The molecule has 1 amide bonds. The molecule has 22 heteroatoms. The number of alkyl halides is 9. The maximum Gasteiger partial charge on any atom is 0.490 e. The summed E-state index contributed by atoms with van der Waals surface area (Å²) in [6, 6.07) is 3.64. The van der Waals surface area contributed by atoms with Gasteiger partial charge in [-0.2, -0.15) is 44.6 Å². The molecule has 3 atom stereocenters. The summed E-state index contributed by atoms with van der Waals surface area (Å²) < 4.78 is 103. The van der Waals surface area contributed by atoms with E-state index in [-0.39, 0.29) is 18.1 Å². The number of hydrogen-bond donors (Lipinski definition) is 4. The van der Waals surface area contributed by atoms with Gasteiger partial charge in [0.1, 0.15) is 6.10 Å². The van der Waals surface area contributed by atoms with E-state index in [2.05, 4.69) is 20.3 Å². The van der Waals surface area contributed by atoms with Crippen molar-refractivity contribution in [1.29, 1.82) is 0 Å². The molecule has 2 aliphatic rings. The lowest BCUT2D eigenvalue weighted by Gasteiger charge is -2.33. The maximum atomic E-state index is 12.4. The lowest BCUT2D eigenvalue weighted by atomic mass is 9.91. The summed E-state index contributed by atoms with van der Waals surface area (Å²) in [4.78, 5) is 45.5. The van der Waals surface area contributed by atoms with Crippen molar-refractivity contribution in [3.05, 3.63) is 42.5 Å². The molecule has 0 aliphatic carbocycles. The Hall–Kier alpha value is -4.47. The number of carbonyl (C=O) groups excluding carboxylic acids is 1. The molecule has 0 radical (unpaired) electrons. The molecule has 0 saturated carbocycles. The van der Waals surface area contributed by atoms with Crippen LogP contribution in [0.2, 0.25) is 0 Å². The number of nitrogens with zero attached hydrogens (tertiary/aromatic N) is 4. The number of likely N-dealkylation sites (tertiary alicyclic amines) is 1. The lowest BCUT2D eigenvalue weighted by molar-refractivity contribution is -0.193. The topological polar surface area (TPSA) is 184 Å². The van der Waals surface area contributed by atoms with Crippen LogP contribution >= 0.6 is 0 Å². The number of aryl methyl sites for hydroxylation is 1. The standard InChI is InChI=1S/C18H23N5O2.3C2HF3O2/c1-22-10-13(8-20-22)11-23-6-4-14-7-16(25-17(14)12-23)18(24)21-15-3-2-5-19-9-15;3*3-2(4,5)1(6)7/h2-3,5,8-10,14,16-17H,4,6-7,11-12H2,1H3,(H,21,24);3*(H,6,7)/t14-,16+,17+;;;/m0.../s1. The number of piperidine rings is 1. The number of nitrogens with one attached hydrogen (secondary N) is 1. The Morgan fingerprint density at radius 3 is 1.87 bits per heavy atom. The quantitative estimate of drug-likeness (QED) is 0.347. The molecule has 2 aromatic heterocycles. The number of anilines is 1. The SMILES string of the molecule is Cn1cc(CN2CC[C@H]3C[C@H](C(=O)Nc4cccnc4)O[C@@H]3C2)cn1.O=C(O)C(F)(F)F.O=C(O)C(F)(F)F.O=C(O)C(F)(F)F. The normalized spacial score (nSPS) is 19.5. The van der Waals surface area contributed by atoms with Gasteiger partial charge in [-0.3, -0.25) is 19.4 Å². The van der Waals surface area contributed by atoms with Crippen LogP contribution in [0.25, 0.3) is 0 Å². The number of halogens is 9. The molecule has 2 fully saturated rings. The van der Waals surface area contributed by atoms with E-state index in [1.807, 2.05) is 30.2 Å². The van der Waals surface area contributed by atoms with Crippen molar-refractivity contribution in [3.8, 4) is 0 Å². The fraction of sp³-hybridized carbons (Fsp3) is 0.500. The Bertz CT molecular complexity index is 1250. The first-order valence-electron chi connectivity index (χ1n) is 12.5. The molecule has 4 N–H and O–H groups in total. The van der Waals surface area contributed by atoms with Gasteiger partial charge in [0.25, 0.3) is 5.91 Å². The molecular weight excluding hydrogens is 657 g/mol. The zero-order chi connectivity index (χ0) is 35.5. The van der Waals surface area contributed by atoms with Crippen molar-refractivity contribution in [2.75, 3.05) is 18.4 Å². The zero-order valence-corrected chi connectivity index (χ0v) is 23.3. The summed E-state index contributed by atoms with van der Waals surface area (Å²) in [6.07, 6.45) is -6.32. The van der Waals surface area contributed by atoms with Crippen LogP contribution in [0.4, 0.5) is 45.2 Å². The number of carboxylic acid groups (broad SMARTS) is 3. The third-order valence-corrected chi connectivity index (χ3v) is 5.75. The van der Waals surface area contributed by atoms with Gasteiger partial charge in [-0.15, -0.1) is 0 Å². The van der Waals surface area contributed by atoms with E-state index < -0.39 is 36.4 Å². The highest BCUT2D eigenvalue weighted by Gasteiger charge is 2.42. The predicted octanol–water partition coefficient (Wildman–Crippen LogP) is 3.33. The van der Waals surface area contributed by atoms with Crippen molar-refractivity contribution >= 4 is 29.5 Å². The number of aromatic nitrogens is 3. The number of carboxylic acids is 3. The third-order valence-electron chi connectivity index (χ3n) is 5.75. The van der Waals surface area contributed by atoms with Crippen molar-refractivity contribution < 1.29 is 78.7 Å². The first-order chi connectivity index (χ1) is 21.0. The van der Waals surface area contributed by atoms with E-state index in [4.69, 9.17) is 34.4 Å². The number of pyridine rings is 1. The Morgan fingerprint density at radius 2 is 1.46 bits per heavy atom.